The number of hydrogen-bond donors (Lipinski definition) is 1. The van der Waals surface area contributed by atoms with Crippen molar-refractivity contribution in [3.05, 3.63) is 82.5 Å². The molecule has 7 heteroatoms. The summed E-state index contributed by atoms with van der Waals surface area (Å²) in [6.45, 7) is 9.63. The fourth-order valence-corrected chi connectivity index (χ4v) is 3.96. The van der Waals surface area contributed by atoms with Crippen LogP contribution in [0.15, 0.2) is 76.3 Å². The fraction of sp³-hybridized carbons (Fsp3) is 0.250. The number of ketones is 1. The molecular weight excluding hydrogens is 432 g/mol. The molecule has 0 radical (unpaired) electrons. The van der Waals surface area contributed by atoms with E-state index in [1.165, 1.54) is 24.4 Å². The van der Waals surface area contributed by atoms with Crippen LogP contribution < -0.4 is 4.72 Å². The lowest BCUT2D eigenvalue weighted by atomic mass is 9.87. The van der Waals surface area contributed by atoms with Crippen LogP contribution in [0.5, 0.6) is 0 Å². The first-order valence-corrected chi connectivity index (χ1v) is 11.6. The third kappa shape index (κ3) is 6.64. The fourth-order valence-electron chi connectivity index (χ4n) is 2.71. The second-order valence-electron chi connectivity index (χ2n) is 8.03. The summed E-state index contributed by atoms with van der Waals surface area (Å²) in [5.41, 5.74) is 1.65. The van der Waals surface area contributed by atoms with Gasteiger partial charge in [0.1, 0.15) is 0 Å². The van der Waals surface area contributed by atoms with Crippen LogP contribution in [0.1, 0.15) is 50.5 Å². The van der Waals surface area contributed by atoms with Gasteiger partial charge in [0, 0.05) is 23.0 Å². The van der Waals surface area contributed by atoms with E-state index in [-0.39, 0.29) is 27.3 Å². The predicted octanol–water partition coefficient (Wildman–Crippen LogP) is 6.17. The number of halogens is 1. The topological polar surface area (TPSA) is 75.6 Å². The summed E-state index contributed by atoms with van der Waals surface area (Å²) in [7, 11) is -3.89. The van der Waals surface area contributed by atoms with Crippen molar-refractivity contribution >= 4 is 39.3 Å². The first-order chi connectivity index (χ1) is 14.5. The number of rotatable bonds is 7. The lowest BCUT2D eigenvalue weighted by Gasteiger charge is -2.19. The molecule has 0 aliphatic rings. The number of anilines is 1. The van der Waals surface area contributed by atoms with E-state index in [4.69, 9.17) is 11.6 Å². The Balaban J connectivity index is 2.38. The molecule has 2 aromatic rings. The maximum Gasteiger partial charge on any atom is 0.261 e. The van der Waals surface area contributed by atoms with Crippen LogP contribution in [0.4, 0.5) is 5.69 Å². The van der Waals surface area contributed by atoms with Gasteiger partial charge in [0.15, 0.2) is 5.78 Å². The molecule has 1 N–H and O–H groups in total. The van der Waals surface area contributed by atoms with E-state index in [9.17, 15) is 13.2 Å². The Morgan fingerprint density at radius 2 is 1.74 bits per heavy atom. The average Bonchev–Trinajstić information content (AvgIpc) is 2.71. The summed E-state index contributed by atoms with van der Waals surface area (Å²) in [5, 5.41) is 0.330. The number of nitrogens with one attached hydrogen (secondary N) is 1. The van der Waals surface area contributed by atoms with E-state index in [2.05, 4.69) is 30.5 Å². The number of carbonyl (C=O) groups is 1. The van der Waals surface area contributed by atoms with Gasteiger partial charge in [-0.3, -0.25) is 14.5 Å². The number of allylic oxidation sites excluding steroid dienone is 3. The lowest BCUT2D eigenvalue weighted by Crippen LogP contribution is -2.17. The van der Waals surface area contributed by atoms with Gasteiger partial charge in [-0.15, -0.1) is 0 Å². The highest BCUT2D eigenvalue weighted by Gasteiger charge is 2.21. The molecule has 31 heavy (non-hydrogen) atoms. The average molecular weight is 459 g/mol. The van der Waals surface area contributed by atoms with Crippen molar-refractivity contribution in [3.63, 3.8) is 0 Å². The first-order valence-electron chi connectivity index (χ1n) is 9.74. The van der Waals surface area contributed by atoms with Gasteiger partial charge in [0.2, 0.25) is 0 Å². The molecule has 0 heterocycles. The van der Waals surface area contributed by atoms with Crippen molar-refractivity contribution < 1.29 is 13.2 Å². The lowest BCUT2D eigenvalue weighted by molar-refractivity contribution is 0.103. The first kappa shape index (κ1) is 24.6. The summed E-state index contributed by atoms with van der Waals surface area (Å²) in [6, 6.07) is 11.2. The van der Waals surface area contributed by atoms with Gasteiger partial charge in [-0.05, 0) is 66.8 Å². The Morgan fingerprint density at radius 1 is 1.10 bits per heavy atom. The molecule has 0 aromatic heterocycles. The minimum Gasteiger partial charge on any atom is -0.289 e. The van der Waals surface area contributed by atoms with Crippen LogP contribution >= 0.6 is 11.6 Å². The molecule has 0 bridgehead atoms. The Morgan fingerprint density at radius 3 is 2.32 bits per heavy atom. The van der Waals surface area contributed by atoms with Crippen LogP contribution in [0, 0.1) is 0 Å². The highest BCUT2D eigenvalue weighted by molar-refractivity contribution is 7.92. The zero-order valence-corrected chi connectivity index (χ0v) is 19.9. The second kappa shape index (κ2) is 10.1. The maximum atomic E-state index is 12.9. The highest BCUT2D eigenvalue weighted by atomic mass is 35.5. The maximum absolute atomic E-state index is 12.9. The molecule has 0 aliphatic carbocycles. The van der Waals surface area contributed by atoms with Crippen molar-refractivity contribution in [1.29, 1.82) is 0 Å². The number of nitrogens with zero attached hydrogens (tertiary/aromatic N) is 1. The standard InChI is InChI=1S/C24H27ClN2O3S/c1-6-14-26-15-13-17(2)23(28)21-16-19(25)9-12-22(21)27-31(29,30)20-10-7-18(8-11-20)24(3,4)5/h6-16,27H,1-5H3/b14-6+,17-13+,26-15-. The van der Waals surface area contributed by atoms with Crippen molar-refractivity contribution in [2.75, 3.05) is 4.72 Å². The number of Topliss-reactive ketones (excluding diaryl/α,β-unsaturated/α-hetero) is 1. The van der Waals surface area contributed by atoms with E-state index in [0.29, 0.717) is 10.6 Å². The van der Waals surface area contributed by atoms with Crippen LogP contribution in [0.25, 0.3) is 0 Å². The summed E-state index contributed by atoms with van der Waals surface area (Å²) in [6.07, 6.45) is 6.42. The molecule has 0 fully saturated rings. The number of aliphatic imine (C=N–C) groups is 1. The highest BCUT2D eigenvalue weighted by Crippen LogP contribution is 2.27. The Hall–Kier alpha value is -2.70. The largest absolute Gasteiger partial charge is 0.289 e. The molecule has 0 saturated heterocycles. The minimum absolute atomic E-state index is 0.0917. The van der Waals surface area contributed by atoms with Crippen molar-refractivity contribution in [2.24, 2.45) is 4.99 Å². The molecular formula is C24H27ClN2O3S. The smallest absolute Gasteiger partial charge is 0.261 e. The van der Waals surface area contributed by atoms with Crippen LogP contribution in [0.2, 0.25) is 5.02 Å². The van der Waals surface area contributed by atoms with Crippen LogP contribution in [-0.4, -0.2) is 20.4 Å². The minimum atomic E-state index is -3.89. The van der Waals surface area contributed by atoms with Gasteiger partial charge in [0.05, 0.1) is 10.6 Å². The third-order valence-electron chi connectivity index (χ3n) is 4.51. The van der Waals surface area contributed by atoms with Gasteiger partial charge in [-0.25, -0.2) is 8.42 Å². The molecule has 0 unspecified atom stereocenters. The van der Waals surface area contributed by atoms with Gasteiger partial charge in [-0.1, -0.05) is 50.6 Å². The zero-order valence-electron chi connectivity index (χ0n) is 18.3. The monoisotopic (exact) mass is 458 g/mol. The van der Waals surface area contributed by atoms with E-state index in [1.54, 1.807) is 49.5 Å². The summed E-state index contributed by atoms with van der Waals surface area (Å²) < 4.78 is 28.4. The number of hydrogen-bond acceptors (Lipinski definition) is 4. The van der Waals surface area contributed by atoms with Gasteiger partial charge in [0.25, 0.3) is 10.0 Å². The molecule has 164 valence electrons. The third-order valence-corrected chi connectivity index (χ3v) is 6.12. The SMILES string of the molecule is C/C=C/N=C\C=C(/C)C(=O)c1cc(Cl)ccc1NS(=O)(=O)c1ccc(C(C)(C)C)cc1. The molecule has 2 aromatic carbocycles. The van der Waals surface area contributed by atoms with E-state index in [1.807, 2.05) is 6.92 Å². The van der Waals surface area contributed by atoms with Gasteiger partial charge in [-0.2, -0.15) is 0 Å². The van der Waals surface area contributed by atoms with Gasteiger partial charge >= 0.3 is 0 Å². The van der Waals surface area contributed by atoms with Crippen molar-refractivity contribution in [3.8, 4) is 0 Å². The molecule has 0 amide bonds. The van der Waals surface area contributed by atoms with E-state index < -0.39 is 10.0 Å². The van der Waals surface area contributed by atoms with Crippen LogP contribution in [-0.2, 0) is 15.4 Å². The van der Waals surface area contributed by atoms with Crippen molar-refractivity contribution in [1.82, 2.24) is 0 Å². The van der Waals surface area contributed by atoms with E-state index >= 15 is 0 Å². The number of carbonyl (C=O) groups excluding carboxylic acids is 1. The number of benzene rings is 2. The Bertz CT molecular complexity index is 1140. The molecule has 0 aliphatic heterocycles. The quantitative estimate of drug-likeness (QED) is 0.306. The summed E-state index contributed by atoms with van der Waals surface area (Å²) in [4.78, 5) is 17.0. The molecule has 0 atom stereocenters. The summed E-state index contributed by atoms with van der Waals surface area (Å²) in [5.74, 6) is -0.352. The van der Waals surface area contributed by atoms with E-state index in [0.717, 1.165) is 5.56 Å². The molecule has 2 rings (SSSR count). The number of sulfonamides is 1. The van der Waals surface area contributed by atoms with Gasteiger partial charge < -0.3 is 0 Å². The Kier molecular flexibility index (Phi) is 7.98. The molecule has 0 spiro atoms. The molecule has 0 saturated carbocycles. The second-order valence-corrected chi connectivity index (χ2v) is 10.1. The Labute approximate surface area is 189 Å². The van der Waals surface area contributed by atoms with Crippen LogP contribution in [0.3, 0.4) is 0 Å². The van der Waals surface area contributed by atoms with Crippen molar-refractivity contribution in [2.45, 2.75) is 44.9 Å². The molecule has 5 nitrogen and oxygen atoms in total. The predicted molar refractivity (Wildman–Crippen MR) is 129 cm³/mol. The summed E-state index contributed by atoms with van der Waals surface area (Å²) >= 11 is 6.08. The zero-order chi connectivity index (χ0) is 23.2. The normalized spacial score (nSPS) is 13.2.